The van der Waals surface area contributed by atoms with Crippen LogP contribution in [0.4, 0.5) is 13.2 Å². The number of hydrogen-bond acceptors (Lipinski definition) is 2. The highest BCUT2D eigenvalue weighted by Crippen LogP contribution is 2.22. The van der Waals surface area contributed by atoms with E-state index in [0.29, 0.717) is 12.8 Å². The summed E-state index contributed by atoms with van der Waals surface area (Å²) in [6, 6.07) is 7.52. The first-order valence-corrected chi connectivity index (χ1v) is 4.90. The van der Waals surface area contributed by atoms with Crippen LogP contribution >= 0.6 is 0 Å². The molecule has 1 rings (SSSR count). The van der Waals surface area contributed by atoms with Gasteiger partial charge in [0.15, 0.2) is 0 Å². The Morgan fingerprint density at radius 1 is 1.24 bits per heavy atom. The monoisotopic (exact) mass is 241 g/mol. The van der Waals surface area contributed by atoms with Crippen LogP contribution in [0.3, 0.4) is 0 Å². The minimum atomic E-state index is -4.66. The van der Waals surface area contributed by atoms with E-state index in [2.05, 4.69) is 4.74 Å². The van der Waals surface area contributed by atoms with Gasteiger partial charge < -0.3 is 4.74 Å². The van der Waals surface area contributed by atoms with Crippen LogP contribution in [0, 0.1) is 11.3 Å². The number of ether oxygens (including phenoxy) is 1. The molecule has 17 heavy (non-hydrogen) atoms. The van der Waals surface area contributed by atoms with Gasteiger partial charge in [-0.3, -0.25) is 0 Å². The van der Waals surface area contributed by atoms with Crippen LogP contribution in [0.15, 0.2) is 30.3 Å². The summed E-state index contributed by atoms with van der Waals surface area (Å²) in [6.07, 6.45) is -0.0786. The number of allylic oxidation sites excluding steroid dienone is 1. The van der Waals surface area contributed by atoms with Gasteiger partial charge in [0.25, 0.3) is 0 Å². The SMILES string of the molecule is N#CCC/C=C\c1ccc(OC(F)(F)F)cc1. The Morgan fingerprint density at radius 2 is 1.88 bits per heavy atom. The van der Waals surface area contributed by atoms with E-state index in [1.807, 2.05) is 6.07 Å². The molecule has 1 aromatic rings. The molecule has 0 saturated carbocycles. The van der Waals surface area contributed by atoms with E-state index in [0.717, 1.165) is 5.56 Å². The molecule has 0 N–H and O–H groups in total. The van der Waals surface area contributed by atoms with E-state index in [-0.39, 0.29) is 5.75 Å². The molecule has 0 amide bonds. The van der Waals surface area contributed by atoms with E-state index in [4.69, 9.17) is 5.26 Å². The number of rotatable bonds is 4. The fourth-order valence-corrected chi connectivity index (χ4v) is 1.15. The number of nitrogens with zero attached hydrogens (tertiary/aromatic N) is 1. The van der Waals surface area contributed by atoms with Crippen LogP contribution in [-0.4, -0.2) is 6.36 Å². The normalized spacial score (nSPS) is 11.4. The zero-order chi connectivity index (χ0) is 12.7. The molecule has 0 aliphatic carbocycles. The molecule has 0 heterocycles. The van der Waals surface area contributed by atoms with Crippen molar-refractivity contribution >= 4 is 6.08 Å². The molecule has 1 aromatic carbocycles. The molecule has 0 aliphatic rings. The largest absolute Gasteiger partial charge is 0.573 e. The second-order valence-electron chi connectivity index (χ2n) is 3.22. The molecule has 0 bridgehead atoms. The minimum Gasteiger partial charge on any atom is -0.406 e. The van der Waals surface area contributed by atoms with Crippen molar-refractivity contribution in [3.63, 3.8) is 0 Å². The third-order valence-electron chi connectivity index (χ3n) is 1.85. The lowest BCUT2D eigenvalue weighted by atomic mass is 10.2. The van der Waals surface area contributed by atoms with E-state index >= 15 is 0 Å². The van der Waals surface area contributed by atoms with Gasteiger partial charge in [-0.2, -0.15) is 5.26 Å². The number of unbranched alkanes of at least 4 members (excludes halogenated alkanes) is 1. The number of halogens is 3. The second kappa shape index (κ2) is 5.94. The van der Waals surface area contributed by atoms with Gasteiger partial charge in [-0.15, -0.1) is 13.2 Å². The zero-order valence-corrected chi connectivity index (χ0v) is 8.87. The lowest BCUT2D eigenvalue weighted by Crippen LogP contribution is -2.16. The van der Waals surface area contributed by atoms with Crippen LogP contribution in [0.25, 0.3) is 6.08 Å². The van der Waals surface area contributed by atoms with Gasteiger partial charge >= 0.3 is 6.36 Å². The Kier molecular flexibility index (Phi) is 4.58. The molecule has 5 heteroatoms. The van der Waals surface area contributed by atoms with E-state index in [1.54, 1.807) is 12.2 Å². The molecule has 0 unspecified atom stereocenters. The Hall–Kier alpha value is -1.96. The fraction of sp³-hybridized carbons (Fsp3) is 0.250. The maximum atomic E-state index is 11.9. The third kappa shape index (κ3) is 5.61. The summed E-state index contributed by atoms with van der Waals surface area (Å²) < 4.78 is 39.3. The first-order valence-electron chi connectivity index (χ1n) is 4.90. The lowest BCUT2D eigenvalue weighted by Gasteiger charge is -2.08. The predicted molar refractivity (Wildman–Crippen MR) is 57.0 cm³/mol. The highest BCUT2D eigenvalue weighted by molar-refractivity contribution is 5.50. The first-order chi connectivity index (χ1) is 8.01. The Bertz CT molecular complexity index is 415. The summed E-state index contributed by atoms with van der Waals surface area (Å²) in [5.41, 5.74) is 0.762. The average Bonchev–Trinajstić information content (AvgIpc) is 2.25. The van der Waals surface area contributed by atoms with Gasteiger partial charge in [0.1, 0.15) is 5.75 Å². The highest BCUT2D eigenvalue weighted by Gasteiger charge is 2.30. The summed E-state index contributed by atoms with van der Waals surface area (Å²) in [5.74, 6) is -0.244. The fourth-order valence-electron chi connectivity index (χ4n) is 1.15. The van der Waals surface area contributed by atoms with Gasteiger partial charge in [0.2, 0.25) is 0 Å². The number of alkyl halides is 3. The molecule has 0 fully saturated rings. The summed E-state index contributed by atoms with van der Waals surface area (Å²) in [4.78, 5) is 0. The summed E-state index contributed by atoms with van der Waals surface area (Å²) in [7, 11) is 0. The van der Waals surface area contributed by atoms with Crippen molar-refractivity contribution in [2.45, 2.75) is 19.2 Å². The number of nitriles is 1. The molecule has 0 aliphatic heterocycles. The minimum absolute atomic E-state index is 0.244. The quantitative estimate of drug-likeness (QED) is 0.749. The van der Waals surface area contributed by atoms with Gasteiger partial charge in [-0.05, 0) is 24.1 Å². The van der Waals surface area contributed by atoms with Crippen LogP contribution in [0.1, 0.15) is 18.4 Å². The highest BCUT2D eigenvalue weighted by atomic mass is 19.4. The van der Waals surface area contributed by atoms with E-state index in [9.17, 15) is 13.2 Å². The van der Waals surface area contributed by atoms with Crippen LogP contribution in [0.2, 0.25) is 0 Å². The average molecular weight is 241 g/mol. The lowest BCUT2D eigenvalue weighted by molar-refractivity contribution is -0.274. The van der Waals surface area contributed by atoms with Crippen LogP contribution in [0.5, 0.6) is 5.75 Å². The molecular weight excluding hydrogens is 231 g/mol. The van der Waals surface area contributed by atoms with Crippen molar-refractivity contribution < 1.29 is 17.9 Å². The van der Waals surface area contributed by atoms with Crippen molar-refractivity contribution in [2.24, 2.45) is 0 Å². The van der Waals surface area contributed by atoms with Crippen LogP contribution in [-0.2, 0) is 0 Å². The zero-order valence-electron chi connectivity index (χ0n) is 8.87. The number of hydrogen-bond donors (Lipinski definition) is 0. The Balaban J connectivity index is 2.57. The molecule has 0 saturated heterocycles. The van der Waals surface area contributed by atoms with Crippen molar-refractivity contribution in [1.82, 2.24) is 0 Å². The molecule has 0 atom stereocenters. The second-order valence-corrected chi connectivity index (χ2v) is 3.22. The summed E-state index contributed by atoms with van der Waals surface area (Å²) in [6.45, 7) is 0. The van der Waals surface area contributed by atoms with Gasteiger partial charge in [-0.25, -0.2) is 0 Å². The standard InChI is InChI=1S/C12H10F3NO/c13-12(14,15)17-11-7-5-10(6-8-11)4-2-1-3-9-16/h2,4-8H,1,3H2/b4-2-. The van der Waals surface area contributed by atoms with E-state index < -0.39 is 6.36 Å². The molecule has 0 spiro atoms. The van der Waals surface area contributed by atoms with E-state index in [1.165, 1.54) is 24.3 Å². The first kappa shape index (κ1) is 13.1. The topological polar surface area (TPSA) is 33.0 Å². The predicted octanol–water partition coefficient (Wildman–Crippen LogP) is 3.90. The van der Waals surface area contributed by atoms with Crippen molar-refractivity contribution in [1.29, 1.82) is 5.26 Å². The molecule has 0 radical (unpaired) electrons. The third-order valence-corrected chi connectivity index (χ3v) is 1.85. The summed E-state index contributed by atoms with van der Waals surface area (Å²) in [5, 5.41) is 8.30. The summed E-state index contributed by atoms with van der Waals surface area (Å²) >= 11 is 0. The molecule has 0 aromatic heterocycles. The Morgan fingerprint density at radius 3 is 2.41 bits per heavy atom. The van der Waals surface area contributed by atoms with Crippen molar-refractivity contribution in [3.8, 4) is 11.8 Å². The van der Waals surface area contributed by atoms with Crippen molar-refractivity contribution in [3.05, 3.63) is 35.9 Å². The van der Waals surface area contributed by atoms with Gasteiger partial charge in [0, 0.05) is 6.42 Å². The Labute approximate surface area is 96.9 Å². The molecule has 2 nitrogen and oxygen atoms in total. The smallest absolute Gasteiger partial charge is 0.406 e. The van der Waals surface area contributed by atoms with Crippen molar-refractivity contribution in [2.75, 3.05) is 0 Å². The molecule has 90 valence electrons. The molecular formula is C12H10F3NO. The maximum Gasteiger partial charge on any atom is 0.573 e. The van der Waals surface area contributed by atoms with Crippen LogP contribution < -0.4 is 4.74 Å². The van der Waals surface area contributed by atoms with Gasteiger partial charge in [-0.1, -0.05) is 24.3 Å². The number of benzene rings is 1. The van der Waals surface area contributed by atoms with Gasteiger partial charge in [0.05, 0.1) is 6.07 Å². The maximum absolute atomic E-state index is 11.9.